The first kappa shape index (κ1) is 28.8. The summed E-state index contributed by atoms with van der Waals surface area (Å²) in [5.74, 6) is 0.485. The Morgan fingerprint density at radius 3 is 2.52 bits per heavy atom. The fraction of sp³-hybridized carbons (Fsp3) is 0.419. The van der Waals surface area contributed by atoms with Crippen molar-refractivity contribution in [3.63, 3.8) is 0 Å². The van der Waals surface area contributed by atoms with Crippen molar-refractivity contribution >= 4 is 57.6 Å². The topological polar surface area (TPSA) is 83.0 Å². The molecule has 1 aromatic heterocycles. The number of nitrogens with one attached hydrogen (secondary N) is 1. The van der Waals surface area contributed by atoms with E-state index < -0.39 is 6.67 Å². The molecule has 3 saturated heterocycles. The normalized spacial score (nSPS) is 20.9. The highest BCUT2D eigenvalue weighted by atomic mass is 35.5. The van der Waals surface area contributed by atoms with Crippen LogP contribution in [0.2, 0.25) is 5.02 Å². The van der Waals surface area contributed by atoms with Gasteiger partial charge in [0.15, 0.2) is 0 Å². The molecule has 1 N–H and O–H groups in total. The molecule has 0 radical (unpaired) electrons. The Labute approximate surface area is 254 Å². The van der Waals surface area contributed by atoms with E-state index in [-0.39, 0.29) is 29.6 Å². The number of rotatable bonds is 8. The molecule has 6 rings (SSSR count). The number of hydrogen-bond donors (Lipinski definition) is 1. The van der Waals surface area contributed by atoms with Crippen molar-refractivity contribution in [1.29, 1.82) is 0 Å². The van der Waals surface area contributed by atoms with Gasteiger partial charge in [-0.2, -0.15) is 9.97 Å². The number of piperidine rings is 1. The summed E-state index contributed by atoms with van der Waals surface area (Å²) in [5.41, 5.74) is 2.03. The Hall–Kier alpha value is -3.27. The molecule has 2 bridgehead atoms. The maximum absolute atomic E-state index is 14.6. The van der Waals surface area contributed by atoms with Crippen molar-refractivity contribution in [2.45, 2.75) is 50.5 Å². The molecule has 8 nitrogen and oxygen atoms in total. The molecule has 220 valence electrons. The number of likely N-dealkylation sites (tertiary alicyclic amines) is 1. The van der Waals surface area contributed by atoms with Crippen LogP contribution in [-0.2, 0) is 11.5 Å². The van der Waals surface area contributed by atoms with Crippen molar-refractivity contribution in [3.8, 4) is 6.01 Å². The molecule has 3 aromatic rings. The van der Waals surface area contributed by atoms with E-state index in [4.69, 9.17) is 37.9 Å². The average molecular weight is 612 g/mol. The fourth-order valence-electron chi connectivity index (χ4n) is 6.18. The van der Waals surface area contributed by atoms with Gasteiger partial charge in [0.25, 0.3) is 0 Å². The van der Waals surface area contributed by atoms with Gasteiger partial charge in [0.2, 0.25) is 5.91 Å². The molecule has 4 heterocycles. The van der Waals surface area contributed by atoms with Crippen LogP contribution >= 0.6 is 23.2 Å². The fourth-order valence-corrected chi connectivity index (χ4v) is 6.64. The number of fused-ring (bicyclic) bond motifs is 3. The van der Waals surface area contributed by atoms with Gasteiger partial charge < -0.3 is 19.9 Å². The minimum absolute atomic E-state index is 0.0342. The molecule has 0 aliphatic carbocycles. The number of ether oxygens (including phenoxy) is 1. The van der Waals surface area contributed by atoms with E-state index in [2.05, 4.69) is 21.8 Å². The molecule has 2 unspecified atom stereocenters. The van der Waals surface area contributed by atoms with Crippen LogP contribution in [0.3, 0.4) is 0 Å². The highest BCUT2D eigenvalue weighted by Crippen LogP contribution is 2.33. The number of aromatic nitrogens is 2. The lowest BCUT2D eigenvalue weighted by Gasteiger charge is -2.35. The number of alkyl halides is 2. The number of piperazine rings is 1. The molecule has 3 aliphatic heterocycles. The summed E-state index contributed by atoms with van der Waals surface area (Å²) in [6.07, 6.45) is 4.87. The minimum Gasteiger partial charge on any atom is -0.460 e. The standard InChI is InChI=1S/C31H33Cl2FN6O2/c1-19(24-6-2-4-20-5-3-7-26(33)29(20)24)35-16-25-27(15-34)37-31(42-23-10-12-39(13-11-23)28(41)14-32)38-30(25)40-17-21-8-9-22(18-40)36-21/h2-7,16,21-23,36H,1,8-15,17-18H2. The molecule has 0 saturated carbocycles. The summed E-state index contributed by atoms with van der Waals surface area (Å²) in [6, 6.07) is 12.4. The van der Waals surface area contributed by atoms with Crippen LogP contribution < -0.4 is 15.0 Å². The number of halogens is 3. The van der Waals surface area contributed by atoms with Crippen LogP contribution in [0, 0.1) is 0 Å². The van der Waals surface area contributed by atoms with Gasteiger partial charge in [-0.3, -0.25) is 9.79 Å². The first-order valence-corrected chi connectivity index (χ1v) is 15.2. The van der Waals surface area contributed by atoms with Crippen LogP contribution in [-0.4, -0.2) is 77.2 Å². The SMILES string of the molecule is C=C(N=Cc1c(CF)nc(OC2CCN(C(=O)CCl)CC2)nc1N1CC2CCC(C1)N2)c1cccc2cccc(Cl)c12. The zero-order valence-electron chi connectivity index (χ0n) is 23.2. The number of aliphatic imine (C=N–C) groups is 1. The zero-order valence-corrected chi connectivity index (χ0v) is 24.7. The number of benzene rings is 2. The highest BCUT2D eigenvalue weighted by molar-refractivity contribution is 6.36. The molecule has 3 aliphatic rings. The summed E-state index contributed by atoms with van der Waals surface area (Å²) in [5, 5.41) is 6.11. The predicted octanol–water partition coefficient (Wildman–Crippen LogP) is 5.39. The van der Waals surface area contributed by atoms with E-state index >= 15 is 0 Å². The third-order valence-electron chi connectivity index (χ3n) is 8.32. The number of amides is 1. The minimum atomic E-state index is -0.804. The first-order valence-electron chi connectivity index (χ1n) is 14.3. The van der Waals surface area contributed by atoms with E-state index in [0.29, 0.717) is 60.1 Å². The Morgan fingerprint density at radius 2 is 1.83 bits per heavy atom. The Bertz CT molecular complexity index is 1510. The Morgan fingerprint density at radius 1 is 1.12 bits per heavy atom. The van der Waals surface area contributed by atoms with Gasteiger partial charge in [0, 0.05) is 73.3 Å². The second-order valence-corrected chi connectivity index (χ2v) is 11.7. The molecule has 2 aromatic carbocycles. The summed E-state index contributed by atoms with van der Waals surface area (Å²) in [7, 11) is 0. The predicted molar refractivity (Wildman–Crippen MR) is 166 cm³/mol. The molecule has 0 spiro atoms. The monoisotopic (exact) mass is 610 g/mol. The lowest BCUT2D eigenvalue weighted by molar-refractivity contribution is -0.130. The molecule has 2 atom stereocenters. The van der Waals surface area contributed by atoms with Gasteiger partial charge in [0.05, 0.1) is 17.0 Å². The van der Waals surface area contributed by atoms with Crippen LogP contribution in [0.5, 0.6) is 6.01 Å². The molecule has 42 heavy (non-hydrogen) atoms. The Balaban J connectivity index is 1.31. The van der Waals surface area contributed by atoms with Gasteiger partial charge in [-0.25, -0.2) is 4.39 Å². The molecule has 11 heteroatoms. The van der Waals surface area contributed by atoms with Crippen molar-refractivity contribution < 1.29 is 13.9 Å². The van der Waals surface area contributed by atoms with E-state index in [9.17, 15) is 9.18 Å². The summed E-state index contributed by atoms with van der Waals surface area (Å²) < 4.78 is 20.8. The lowest BCUT2D eigenvalue weighted by atomic mass is 10.0. The van der Waals surface area contributed by atoms with E-state index in [1.54, 1.807) is 11.1 Å². The van der Waals surface area contributed by atoms with Gasteiger partial charge in [-0.05, 0) is 24.3 Å². The summed E-state index contributed by atoms with van der Waals surface area (Å²) in [6.45, 7) is 5.99. The van der Waals surface area contributed by atoms with E-state index in [0.717, 1.165) is 42.3 Å². The van der Waals surface area contributed by atoms with Crippen LogP contribution in [0.1, 0.15) is 42.5 Å². The molecular weight excluding hydrogens is 578 g/mol. The van der Waals surface area contributed by atoms with Gasteiger partial charge in [-0.15, -0.1) is 11.6 Å². The van der Waals surface area contributed by atoms with E-state index in [1.807, 2.05) is 36.4 Å². The third-order valence-corrected chi connectivity index (χ3v) is 8.87. The first-order chi connectivity index (χ1) is 20.4. The van der Waals surface area contributed by atoms with Crippen LogP contribution in [0.25, 0.3) is 16.5 Å². The van der Waals surface area contributed by atoms with Crippen molar-refractivity contribution in [1.82, 2.24) is 20.2 Å². The maximum atomic E-state index is 14.6. The van der Waals surface area contributed by atoms with Crippen LogP contribution in [0.15, 0.2) is 48.0 Å². The third kappa shape index (κ3) is 5.96. The smallest absolute Gasteiger partial charge is 0.319 e. The number of carbonyl (C=O) groups excluding carboxylic acids is 1. The van der Waals surface area contributed by atoms with Crippen molar-refractivity contribution in [2.75, 3.05) is 37.0 Å². The number of anilines is 1. The zero-order chi connectivity index (χ0) is 29.2. The quantitative estimate of drug-likeness (QED) is 0.272. The Kier molecular flexibility index (Phi) is 8.60. The second kappa shape index (κ2) is 12.5. The van der Waals surface area contributed by atoms with Crippen molar-refractivity contribution in [3.05, 3.63) is 64.8 Å². The summed E-state index contributed by atoms with van der Waals surface area (Å²) >= 11 is 12.3. The molecule has 1 amide bonds. The summed E-state index contributed by atoms with van der Waals surface area (Å²) in [4.78, 5) is 29.9. The molecule has 3 fully saturated rings. The van der Waals surface area contributed by atoms with Crippen molar-refractivity contribution in [2.24, 2.45) is 4.99 Å². The molecular formula is C31H33Cl2FN6O2. The number of nitrogens with zero attached hydrogens (tertiary/aromatic N) is 5. The van der Waals surface area contributed by atoms with Crippen LogP contribution in [0.4, 0.5) is 10.2 Å². The second-order valence-electron chi connectivity index (χ2n) is 11.0. The average Bonchev–Trinajstić information content (AvgIpc) is 3.36. The van der Waals surface area contributed by atoms with E-state index in [1.165, 1.54) is 0 Å². The largest absolute Gasteiger partial charge is 0.460 e. The van der Waals surface area contributed by atoms with Gasteiger partial charge in [-0.1, -0.05) is 48.5 Å². The van der Waals surface area contributed by atoms with Gasteiger partial charge >= 0.3 is 6.01 Å². The number of carbonyl (C=O) groups is 1. The number of hydrogen-bond acceptors (Lipinski definition) is 7. The highest BCUT2D eigenvalue weighted by Gasteiger charge is 2.34. The maximum Gasteiger partial charge on any atom is 0.319 e. The van der Waals surface area contributed by atoms with Gasteiger partial charge in [0.1, 0.15) is 24.5 Å². The lowest BCUT2D eigenvalue weighted by Crippen LogP contribution is -2.51.